The van der Waals surface area contributed by atoms with E-state index in [1.807, 2.05) is 48.7 Å². The first-order valence-corrected chi connectivity index (χ1v) is 9.03. The predicted octanol–water partition coefficient (Wildman–Crippen LogP) is 2.79. The van der Waals surface area contributed by atoms with E-state index >= 15 is 0 Å². The molecule has 1 aromatic heterocycles. The molecule has 1 rings (SSSR count). The summed E-state index contributed by atoms with van der Waals surface area (Å²) in [6, 6.07) is 3.91. The number of aromatic nitrogens is 1. The Balaban J connectivity index is 2.94. The number of nitrogens with zero attached hydrogens (tertiary/aromatic N) is 4. The van der Waals surface area contributed by atoms with Crippen LogP contribution in [-0.4, -0.2) is 64.4 Å². The molecule has 142 valence electrons. The van der Waals surface area contributed by atoms with Crippen LogP contribution in [0.3, 0.4) is 0 Å². The van der Waals surface area contributed by atoms with Crippen LogP contribution >= 0.6 is 0 Å². The van der Waals surface area contributed by atoms with E-state index in [1.54, 1.807) is 19.0 Å². The fourth-order valence-corrected chi connectivity index (χ4v) is 2.69. The smallest absolute Gasteiger partial charge is 0.320 e. The average Bonchev–Trinajstić information content (AvgIpc) is 2.94. The van der Waals surface area contributed by atoms with Gasteiger partial charge in [0.15, 0.2) is 0 Å². The standard InChI is InChI=1S/C19H34N4O2/c1-8-16(4)23(19(25)20(5)6)14-18(24)22(12-15(2)3)13-17-10-9-11-21(17)7/h9-11,15-16H,8,12-14H2,1-7H3/t16-/m1/s1. The summed E-state index contributed by atoms with van der Waals surface area (Å²) in [6.07, 6.45) is 2.79. The van der Waals surface area contributed by atoms with Crippen molar-refractivity contribution in [1.82, 2.24) is 19.3 Å². The molecule has 1 atom stereocenters. The second-order valence-electron chi connectivity index (χ2n) is 7.34. The summed E-state index contributed by atoms with van der Waals surface area (Å²) in [4.78, 5) is 30.5. The van der Waals surface area contributed by atoms with Crippen molar-refractivity contribution in [1.29, 1.82) is 0 Å². The highest BCUT2D eigenvalue weighted by molar-refractivity contribution is 5.84. The van der Waals surface area contributed by atoms with Crippen molar-refractivity contribution in [2.24, 2.45) is 13.0 Å². The molecular formula is C19H34N4O2. The molecule has 6 nitrogen and oxygen atoms in total. The van der Waals surface area contributed by atoms with Crippen molar-refractivity contribution in [2.45, 2.75) is 46.7 Å². The van der Waals surface area contributed by atoms with Crippen LogP contribution in [0.25, 0.3) is 0 Å². The first-order chi connectivity index (χ1) is 11.7. The molecular weight excluding hydrogens is 316 g/mol. The van der Waals surface area contributed by atoms with E-state index < -0.39 is 0 Å². The SMILES string of the molecule is CC[C@@H](C)N(CC(=O)N(Cc1cccn1C)CC(C)C)C(=O)N(C)C. The van der Waals surface area contributed by atoms with Gasteiger partial charge in [-0.25, -0.2) is 4.79 Å². The molecule has 3 amide bonds. The highest BCUT2D eigenvalue weighted by Crippen LogP contribution is 2.12. The molecule has 0 bridgehead atoms. The third kappa shape index (κ3) is 6.11. The summed E-state index contributed by atoms with van der Waals surface area (Å²) in [5, 5.41) is 0. The lowest BCUT2D eigenvalue weighted by atomic mass is 10.2. The monoisotopic (exact) mass is 350 g/mol. The first-order valence-electron chi connectivity index (χ1n) is 9.03. The quantitative estimate of drug-likeness (QED) is 0.724. The summed E-state index contributed by atoms with van der Waals surface area (Å²) in [5.41, 5.74) is 1.09. The maximum Gasteiger partial charge on any atom is 0.320 e. The molecule has 25 heavy (non-hydrogen) atoms. The number of hydrogen-bond acceptors (Lipinski definition) is 2. The largest absolute Gasteiger partial charge is 0.353 e. The Hall–Kier alpha value is -1.98. The maximum atomic E-state index is 13.0. The molecule has 0 aliphatic rings. The second-order valence-corrected chi connectivity index (χ2v) is 7.34. The average molecular weight is 351 g/mol. The zero-order valence-corrected chi connectivity index (χ0v) is 16.8. The van der Waals surface area contributed by atoms with Crippen molar-refractivity contribution >= 4 is 11.9 Å². The van der Waals surface area contributed by atoms with Crippen molar-refractivity contribution in [3.63, 3.8) is 0 Å². The van der Waals surface area contributed by atoms with Gasteiger partial charge in [-0.15, -0.1) is 0 Å². The Morgan fingerprint density at radius 3 is 2.28 bits per heavy atom. The van der Waals surface area contributed by atoms with Gasteiger partial charge >= 0.3 is 6.03 Å². The molecule has 0 saturated carbocycles. The lowest BCUT2D eigenvalue weighted by Crippen LogP contribution is -2.50. The van der Waals surface area contributed by atoms with Gasteiger partial charge in [0.25, 0.3) is 0 Å². The maximum absolute atomic E-state index is 13.0. The van der Waals surface area contributed by atoms with Crippen LogP contribution in [0, 0.1) is 5.92 Å². The number of aryl methyl sites for hydroxylation is 1. The second kappa shape index (κ2) is 9.49. The molecule has 0 saturated heterocycles. The summed E-state index contributed by atoms with van der Waals surface area (Å²) < 4.78 is 2.03. The van der Waals surface area contributed by atoms with Crippen LogP contribution in [0.1, 0.15) is 39.8 Å². The Kier molecular flexibility index (Phi) is 8.00. The van der Waals surface area contributed by atoms with E-state index in [4.69, 9.17) is 0 Å². The van der Waals surface area contributed by atoms with Crippen LogP contribution < -0.4 is 0 Å². The van der Waals surface area contributed by atoms with Gasteiger partial charge in [-0.3, -0.25) is 4.79 Å². The number of hydrogen-bond donors (Lipinski definition) is 0. The van der Waals surface area contributed by atoms with E-state index in [0.29, 0.717) is 19.0 Å². The van der Waals surface area contributed by atoms with E-state index in [9.17, 15) is 9.59 Å². The van der Waals surface area contributed by atoms with Crippen molar-refractivity contribution in [2.75, 3.05) is 27.2 Å². The minimum absolute atomic E-state index is 0.00889. The van der Waals surface area contributed by atoms with Crippen molar-refractivity contribution < 1.29 is 9.59 Å². The van der Waals surface area contributed by atoms with Crippen LogP contribution in [0.5, 0.6) is 0 Å². The highest BCUT2D eigenvalue weighted by Gasteiger charge is 2.26. The van der Waals surface area contributed by atoms with Gasteiger partial charge in [0.05, 0.1) is 6.54 Å². The van der Waals surface area contributed by atoms with Gasteiger partial charge in [0.2, 0.25) is 5.91 Å². The Morgan fingerprint density at radius 2 is 1.84 bits per heavy atom. The predicted molar refractivity (Wildman–Crippen MR) is 101 cm³/mol. The third-order valence-corrected chi connectivity index (χ3v) is 4.40. The number of urea groups is 1. The number of carbonyl (C=O) groups excluding carboxylic acids is 2. The minimum atomic E-state index is -0.119. The van der Waals surface area contributed by atoms with Gasteiger partial charge in [-0.05, 0) is 31.4 Å². The first kappa shape index (κ1) is 21.1. The zero-order valence-electron chi connectivity index (χ0n) is 16.8. The third-order valence-electron chi connectivity index (χ3n) is 4.40. The molecule has 0 fully saturated rings. The Labute approximate surface area is 152 Å². The molecule has 6 heteroatoms. The van der Waals surface area contributed by atoms with Gasteiger partial charge in [0.1, 0.15) is 6.54 Å². The molecule has 0 aliphatic heterocycles. The van der Waals surface area contributed by atoms with E-state index in [-0.39, 0.29) is 24.5 Å². The fraction of sp³-hybridized carbons (Fsp3) is 0.684. The van der Waals surface area contributed by atoms with E-state index in [0.717, 1.165) is 12.1 Å². The topological polar surface area (TPSA) is 48.8 Å². The lowest BCUT2D eigenvalue weighted by molar-refractivity contribution is -0.133. The fourth-order valence-electron chi connectivity index (χ4n) is 2.69. The molecule has 1 aromatic rings. The van der Waals surface area contributed by atoms with Crippen LogP contribution in [0.4, 0.5) is 4.79 Å². The van der Waals surface area contributed by atoms with Crippen LogP contribution in [0.2, 0.25) is 0 Å². The molecule has 0 radical (unpaired) electrons. The summed E-state index contributed by atoms with van der Waals surface area (Å²) in [7, 11) is 5.42. The minimum Gasteiger partial charge on any atom is -0.353 e. The molecule has 0 unspecified atom stereocenters. The van der Waals surface area contributed by atoms with Gasteiger partial charge in [0, 0.05) is 45.6 Å². The Bertz CT molecular complexity index is 566. The number of amides is 3. The molecule has 0 N–H and O–H groups in total. The molecule has 0 aromatic carbocycles. The molecule has 0 aliphatic carbocycles. The van der Waals surface area contributed by atoms with Gasteiger partial charge in [-0.1, -0.05) is 20.8 Å². The number of carbonyl (C=O) groups is 2. The van der Waals surface area contributed by atoms with Gasteiger partial charge < -0.3 is 19.3 Å². The van der Waals surface area contributed by atoms with E-state index in [2.05, 4.69) is 13.8 Å². The number of rotatable bonds is 8. The zero-order chi connectivity index (χ0) is 19.1. The van der Waals surface area contributed by atoms with Crippen molar-refractivity contribution in [3.05, 3.63) is 24.0 Å². The lowest BCUT2D eigenvalue weighted by Gasteiger charge is -2.33. The summed E-state index contributed by atoms with van der Waals surface area (Å²) in [6.45, 7) is 9.56. The summed E-state index contributed by atoms with van der Waals surface area (Å²) >= 11 is 0. The summed E-state index contributed by atoms with van der Waals surface area (Å²) in [5.74, 6) is 0.358. The van der Waals surface area contributed by atoms with Crippen molar-refractivity contribution in [3.8, 4) is 0 Å². The molecule has 1 heterocycles. The van der Waals surface area contributed by atoms with Crippen LogP contribution in [0.15, 0.2) is 18.3 Å². The molecule has 0 spiro atoms. The Morgan fingerprint density at radius 1 is 1.20 bits per heavy atom. The van der Waals surface area contributed by atoms with Gasteiger partial charge in [-0.2, -0.15) is 0 Å². The van der Waals surface area contributed by atoms with E-state index in [1.165, 1.54) is 4.90 Å². The van der Waals surface area contributed by atoms with Crippen LogP contribution in [-0.2, 0) is 18.4 Å². The normalized spacial score (nSPS) is 12.2. The highest BCUT2D eigenvalue weighted by atomic mass is 16.2.